The number of fused-ring (bicyclic) bond motifs is 3. The zero-order valence-corrected chi connectivity index (χ0v) is 24.3. The summed E-state index contributed by atoms with van der Waals surface area (Å²) < 4.78 is 0. The summed E-state index contributed by atoms with van der Waals surface area (Å²) in [6, 6.07) is 3.00. The Hall–Kier alpha value is -3.66. The largest absolute Gasteiger partial charge is 0.507 e. The Morgan fingerprint density at radius 1 is 1.14 bits per heavy atom. The van der Waals surface area contributed by atoms with Crippen LogP contribution in [0.5, 0.6) is 5.75 Å². The molecule has 0 bridgehead atoms. The number of ketones is 4. The quantitative estimate of drug-likeness (QED) is 0.388. The van der Waals surface area contributed by atoms with E-state index in [0.29, 0.717) is 49.3 Å². The fraction of sp³-hybridized carbons (Fsp3) is 0.600. The van der Waals surface area contributed by atoms with E-state index < -0.39 is 64.4 Å². The average molecular weight is 580 g/mol. The van der Waals surface area contributed by atoms with Crippen molar-refractivity contribution in [2.75, 3.05) is 46.2 Å². The van der Waals surface area contributed by atoms with Crippen molar-refractivity contribution in [1.82, 2.24) is 9.80 Å². The van der Waals surface area contributed by atoms with Crippen LogP contribution in [0.25, 0.3) is 0 Å². The van der Waals surface area contributed by atoms with Gasteiger partial charge in [-0.25, -0.2) is 0 Å². The molecule has 5 rings (SSSR count). The first kappa shape index (κ1) is 29.8. The van der Waals surface area contributed by atoms with Gasteiger partial charge in [0.25, 0.3) is 0 Å². The lowest BCUT2D eigenvalue weighted by molar-refractivity contribution is -0.181. The molecule has 3 unspecified atom stereocenters. The van der Waals surface area contributed by atoms with E-state index in [2.05, 4.69) is 11.0 Å². The first-order valence-electron chi connectivity index (χ1n) is 14.3. The summed E-state index contributed by atoms with van der Waals surface area (Å²) in [6.45, 7) is 1.66. The zero-order valence-electron chi connectivity index (χ0n) is 24.3. The third kappa shape index (κ3) is 4.33. The molecule has 4 N–H and O–H groups in total. The molecule has 12 nitrogen and oxygen atoms in total. The van der Waals surface area contributed by atoms with E-state index in [1.807, 2.05) is 25.1 Å². The Balaban J connectivity index is 1.58. The van der Waals surface area contributed by atoms with Crippen molar-refractivity contribution in [3.63, 3.8) is 0 Å². The molecule has 3 fully saturated rings. The Morgan fingerprint density at radius 3 is 2.33 bits per heavy atom. The lowest BCUT2D eigenvalue weighted by Crippen LogP contribution is -2.74. The van der Waals surface area contributed by atoms with Gasteiger partial charge in [-0.2, -0.15) is 5.26 Å². The van der Waals surface area contributed by atoms with Crippen LogP contribution >= 0.6 is 0 Å². The molecule has 4 aliphatic rings. The lowest BCUT2D eigenvalue weighted by atomic mass is 9.52. The number of hydrogen-bond acceptors (Lipinski definition) is 11. The van der Waals surface area contributed by atoms with Crippen LogP contribution in [0.15, 0.2) is 6.07 Å². The number of anilines is 1. The number of benzene rings is 1. The third-order valence-corrected chi connectivity index (χ3v) is 9.76. The number of nitrogens with two attached hydrogens (primary N) is 1. The van der Waals surface area contributed by atoms with Gasteiger partial charge in [0.1, 0.15) is 5.75 Å². The molecule has 12 heteroatoms. The third-order valence-electron chi connectivity index (χ3n) is 9.76. The highest BCUT2D eigenvalue weighted by Crippen LogP contribution is 2.52. The molecule has 1 saturated heterocycles. The van der Waals surface area contributed by atoms with Crippen molar-refractivity contribution in [2.24, 2.45) is 35.3 Å². The Labute approximate surface area is 244 Å². The van der Waals surface area contributed by atoms with Crippen LogP contribution < -0.4 is 10.6 Å². The molecule has 2 saturated carbocycles. The van der Waals surface area contributed by atoms with Gasteiger partial charge in [0, 0.05) is 43.7 Å². The second-order valence-electron chi connectivity index (χ2n) is 12.6. The smallest absolute Gasteiger partial charge is 0.235 e. The molecule has 0 radical (unpaired) electrons. The van der Waals surface area contributed by atoms with Crippen molar-refractivity contribution in [3.8, 4) is 11.8 Å². The summed E-state index contributed by atoms with van der Waals surface area (Å²) in [5.74, 6) is -10.5. The highest BCUT2D eigenvalue weighted by molar-refractivity contribution is 6.32. The lowest BCUT2D eigenvalue weighted by Gasteiger charge is -2.52. The molecule has 1 aromatic carbocycles. The predicted octanol–water partition coefficient (Wildman–Crippen LogP) is -0.331. The molecule has 1 aromatic rings. The molecular formula is C30H37N5O7. The summed E-state index contributed by atoms with van der Waals surface area (Å²) in [6.07, 6.45) is 1.63. The van der Waals surface area contributed by atoms with Crippen LogP contribution in [0.4, 0.5) is 5.69 Å². The van der Waals surface area contributed by atoms with Gasteiger partial charge in [0.2, 0.25) is 5.91 Å². The maximum atomic E-state index is 14.2. The van der Waals surface area contributed by atoms with E-state index in [1.165, 1.54) is 4.90 Å². The molecular weight excluding hydrogens is 542 g/mol. The average Bonchev–Trinajstić information content (AvgIpc) is 2.92. The van der Waals surface area contributed by atoms with Crippen molar-refractivity contribution in [2.45, 2.75) is 43.9 Å². The number of rotatable bonds is 5. The van der Waals surface area contributed by atoms with Crippen molar-refractivity contribution in [1.29, 1.82) is 5.26 Å². The van der Waals surface area contributed by atoms with E-state index in [1.54, 1.807) is 14.1 Å². The van der Waals surface area contributed by atoms with Crippen molar-refractivity contribution < 1.29 is 34.2 Å². The molecule has 0 spiro atoms. The van der Waals surface area contributed by atoms with Crippen molar-refractivity contribution in [3.05, 3.63) is 22.8 Å². The van der Waals surface area contributed by atoms with E-state index >= 15 is 0 Å². The minimum absolute atomic E-state index is 0.00490. The van der Waals surface area contributed by atoms with Gasteiger partial charge < -0.3 is 20.8 Å². The van der Waals surface area contributed by atoms with Gasteiger partial charge in [-0.3, -0.25) is 33.8 Å². The number of primary amides is 1. The number of piperidine rings is 1. The maximum absolute atomic E-state index is 14.2. The van der Waals surface area contributed by atoms with Gasteiger partial charge >= 0.3 is 0 Å². The number of amides is 1. The number of phenolic OH excluding ortho intramolecular Hbond substituents is 1. The van der Waals surface area contributed by atoms with Crippen LogP contribution in [0.2, 0.25) is 0 Å². The Bertz CT molecular complexity index is 1420. The normalized spacial score (nSPS) is 31.8. The summed E-state index contributed by atoms with van der Waals surface area (Å²) in [7, 11) is 6.75. The number of nitriles is 1. The van der Waals surface area contributed by atoms with E-state index in [0.717, 1.165) is 0 Å². The number of hydrogen-bond donors (Lipinski definition) is 3. The van der Waals surface area contributed by atoms with Crippen LogP contribution in [0.1, 0.15) is 40.7 Å². The molecule has 3 aliphatic carbocycles. The number of aromatic hydroxyl groups is 1. The fourth-order valence-electron chi connectivity index (χ4n) is 7.69. The van der Waals surface area contributed by atoms with Crippen LogP contribution in [-0.4, -0.2) is 102 Å². The van der Waals surface area contributed by atoms with Crippen LogP contribution in [0, 0.1) is 40.9 Å². The van der Waals surface area contributed by atoms with E-state index in [9.17, 15) is 39.4 Å². The molecule has 1 heterocycles. The second kappa shape index (κ2) is 10.6. The Morgan fingerprint density at radius 2 is 1.79 bits per heavy atom. The summed E-state index contributed by atoms with van der Waals surface area (Å²) in [4.78, 5) is 72.6. The summed E-state index contributed by atoms with van der Waals surface area (Å²) in [5, 5.41) is 32.5. The molecule has 1 aliphatic heterocycles. The van der Waals surface area contributed by atoms with E-state index in [-0.39, 0.29) is 30.1 Å². The number of carbonyl (C=O) groups is 5. The molecule has 42 heavy (non-hydrogen) atoms. The highest BCUT2D eigenvalue weighted by Gasteiger charge is 2.69. The number of likely N-dealkylation sites (N-methyl/N-ethyl adjacent to an activating group) is 1. The highest BCUT2D eigenvalue weighted by atomic mass is 16.3. The second-order valence-corrected chi connectivity index (χ2v) is 12.6. The molecule has 1 amide bonds. The molecule has 6 atom stereocenters. The first-order valence-corrected chi connectivity index (χ1v) is 14.3. The van der Waals surface area contributed by atoms with Crippen LogP contribution in [0.3, 0.4) is 0 Å². The van der Waals surface area contributed by atoms with Gasteiger partial charge in [-0.1, -0.05) is 0 Å². The zero-order chi connectivity index (χ0) is 30.8. The standard InChI is InChI=1S/C30H37N5O7/c1-33(2)19-11-16(13-35-7-5-14(12-31)6-8-35)24(36)21-17(19)9-15-10-18-23(34(3)4)26(38)22(29(32)41)28(40)30(18,42)27(39)20(15)25(21)37/h11,14-15,18,20,22-23,36,42H,5-10,13H2,1-4H3,(H2,32,41)/t15-,18-,20?,22?,23-,30?/m0/s1. The topological polar surface area (TPSA) is 185 Å². The maximum Gasteiger partial charge on any atom is 0.235 e. The van der Waals surface area contributed by atoms with Gasteiger partial charge in [-0.15, -0.1) is 0 Å². The SMILES string of the molecule is CN(C)c1cc(CN2CCC(C#N)CC2)c(O)c2c1C[C@H]1C[C@H]3[C@H](N(C)C)C(=O)C(C(N)=O)C(=O)C3(O)C(=O)C1C2=O. The number of likely N-dealkylation sites (tertiary alicyclic amines) is 1. The number of phenols is 1. The number of nitrogens with zero attached hydrogens (tertiary/aromatic N) is 4. The van der Waals surface area contributed by atoms with Gasteiger partial charge in [-0.05, 0) is 70.4 Å². The molecule has 224 valence electrons. The predicted molar refractivity (Wildman–Crippen MR) is 149 cm³/mol. The summed E-state index contributed by atoms with van der Waals surface area (Å²) in [5.41, 5.74) is 4.41. The van der Waals surface area contributed by atoms with Crippen LogP contribution in [-0.2, 0) is 32.1 Å². The molecule has 0 aromatic heterocycles. The first-order chi connectivity index (χ1) is 19.7. The number of carbonyl (C=O) groups excluding carboxylic acids is 5. The van der Waals surface area contributed by atoms with Crippen molar-refractivity contribution >= 4 is 34.7 Å². The Kier molecular flexibility index (Phi) is 7.50. The van der Waals surface area contributed by atoms with Gasteiger partial charge in [0.15, 0.2) is 34.7 Å². The van der Waals surface area contributed by atoms with Gasteiger partial charge in [0.05, 0.1) is 23.6 Å². The fourth-order valence-corrected chi connectivity index (χ4v) is 7.69. The minimum Gasteiger partial charge on any atom is -0.507 e. The minimum atomic E-state index is -2.75. The monoisotopic (exact) mass is 579 g/mol. The summed E-state index contributed by atoms with van der Waals surface area (Å²) >= 11 is 0. The number of aliphatic hydroxyl groups is 1. The van der Waals surface area contributed by atoms with E-state index in [4.69, 9.17) is 5.73 Å². The number of Topliss-reactive ketones (excluding diaryl/α,β-unsaturated/α-hetero) is 4.